The van der Waals surface area contributed by atoms with Crippen LogP contribution in [0.3, 0.4) is 0 Å². The van der Waals surface area contributed by atoms with Gasteiger partial charge in [-0.2, -0.15) is 0 Å². The largest absolute Gasteiger partial charge is 0.481 e. The molecule has 0 radical (unpaired) electrons. The quantitative estimate of drug-likeness (QED) is 0.803. The maximum absolute atomic E-state index is 11.8. The molecule has 0 heterocycles. The minimum Gasteiger partial charge on any atom is -0.481 e. The van der Waals surface area contributed by atoms with Crippen molar-refractivity contribution in [3.63, 3.8) is 0 Å². The van der Waals surface area contributed by atoms with Crippen molar-refractivity contribution in [1.29, 1.82) is 0 Å². The summed E-state index contributed by atoms with van der Waals surface area (Å²) in [6.07, 6.45) is -0.897. The second kappa shape index (κ2) is 8.02. The van der Waals surface area contributed by atoms with Crippen molar-refractivity contribution in [2.75, 3.05) is 7.11 Å². The number of carbonyl (C=O) groups excluding carboxylic acids is 3. The third-order valence-corrected chi connectivity index (χ3v) is 2.59. The second-order valence-corrected chi connectivity index (χ2v) is 4.90. The Hall–Kier alpha value is -2.57. The molecule has 1 rings (SSSR count). The molecule has 22 heavy (non-hydrogen) atoms. The maximum atomic E-state index is 11.8. The van der Waals surface area contributed by atoms with Gasteiger partial charge in [-0.1, -0.05) is 6.07 Å². The van der Waals surface area contributed by atoms with Crippen molar-refractivity contribution >= 4 is 17.9 Å². The van der Waals surface area contributed by atoms with Crippen molar-refractivity contribution in [2.45, 2.75) is 32.9 Å². The van der Waals surface area contributed by atoms with E-state index < -0.39 is 24.0 Å². The fourth-order valence-electron chi connectivity index (χ4n) is 1.58. The van der Waals surface area contributed by atoms with Gasteiger partial charge in [0.1, 0.15) is 5.75 Å². The predicted molar refractivity (Wildman–Crippen MR) is 79.7 cm³/mol. The van der Waals surface area contributed by atoms with Gasteiger partial charge in [-0.3, -0.25) is 10.1 Å². The molecule has 0 aromatic heterocycles. The van der Waals surface area contributed by atoms with Gasteiger partial charge in [0.15, 0.2) is 6.10 Å². The van der Waals surface area contributed by atoms with Crippen molar-refractivity contribution < 1.29 is 23.9 Å². The first kappa shape index (κ1) is 17.5. The van der Waals surface area contributed by atoms with Crippen molar-refractivity contribution in [3.8, 4) is 5.75 Å². The molecule has 3 amide bonds. The molecule has 0 saturated carbocycles. The highest BCUT2D eigenvalue weighted by Crippen LogP contribution is 2.15. The summed E-state index contributed by atoms with van der Waals surface area (Å²) < 4.78 is 10.0. The molecule has 1 atom stereocenters. The summed E-state index contributed by atoms with van der Waals surface area (Å²) in [6, 6.07) is 5.57. The van der Waals surface area contributed by atoms with Gasteiger partial charge in [0.2, 0.25) is 0 Å². The van der Waals surface area contributed by atoms with Gasteiger partial charge >= 0.3 is 12.0 Å². The number of amides is 3. The van der Waals surface area contributed by atoms with Crippen LogP contribution in [0, 0.1) is 0 Å². The third kappa shape index (κ3) is 5.43. The molecule has 0 unspecified atom stereocenters. The summed E-state index contributed by atoms with van der Waals surface area (Å²) in [5, 5.41) is 4.71. The molecule has 7 nitrogen and oxygen atoms in total. The molecule has 120 valence electrons. The molecule has 0 aliphatic heterocycles. The van der Waals surface area contributed by atoms with Gasteiger partial charge in [-0.05, 0) is 39.0 Å². The van der Waals surface area contributed by atoms with E-state index in [-0.39, 0.29) is 6.04 Å². The number of esters is 1. The Morgan fingerprint density at radius 1 is 1.14 bits per heavy atom. The van der Waals surface area contributed by atoms with Crippen LogP contribution < -0.4 is 15.4 Å². The maximum Gasteiger partial charge on any atom is 0.337 e. The minimum absolute atomic E-state index is 0.0826. The molecular formula is C15H20N2O5. The van der Waals surface area contributed by atoms with Gasteiger partial charge in [0.05, 0.1) is 12.7 Å². The second-order valence-electron chi connectivity index (χ2n) is 4.90. The number of rotatable bonds is 5. The zero-order chi connectivity index (χ0) is 16.7. The number of carbonyl (C=O) groups is 3. The highest BCUT2D eigenvalue weighted by atomic mass is 16.5. The van der Waals surface area contributed by atoms with E-state index in [2.05, 4.69) is 15.4 Å². The third-order valence-electron chi connectivity index (χ3n) is 2.59. The SMILES string of the molecule is COC(=O)c1cccc(O[C@H](C)C(=O)NC(=O)NC(C)C)c1. The molecule has 0 aliphatic carbocycles. The number of urea groups is 1. The summed E-state index contributed by atoms with van der Waals surface area (Å²) in [5.74, 6) is -0.754. The molecule has 0 aliphatic rings. The van der Waals surface area contributed by atoms with E-state index in [1.807, 2.05) is 0 Å². The lowest BCUT2D eigenvalue weighted by Crippen LogP contribution is -2.46. The smallest absolute Gasteiger partial charge is 0.337 e. The Balaban J connectivity index is 2.64. The fourth-order valence-corrected chi connectivity index (χ4v) is 1.58. The van der Waals surface area contributed by atoms with Crippen molar-refractivity contribution in [1.82, 2.24) is 10.6 Å². The number of ether oxygens (including phenoxy) is 2. The topological polar surface area (TPSA) is 93.7 Å². The zero-order valence-electron chi connectivity index (χ0n) is 13.0. The van der Waals surface area contributed by atoms with Crippen LogP contribution in [0.2, 0.25) is 0 Å². The number of nitrogens with one attached hydrogen (secondary N) is 2. The average molecular weight is 308 g/mol. The summed E-state index contributed by atoms with van der Waals surface area (Å²) in [4.78, 5) is 34.7. The molecule has 7 heteroatoms. The molecular weight excluding hydrogens is 288 g/mol. The number of hydrogen-bond acceptors (Lipinski definition) is 5. The molecule has 0 bridgehead atoms. The first-order valence-corrected chi connectivity index (χ1v) is 6.80. The van der Waals surface area contributed by atoms with Gasteiger partial charge < -0.3 is 14.8 Å². The molecule has 0 fully saturated rings. The lowest BCUT2D eigenvalue weighted by molar-refractivity contribution is -0.126. The monoisotopic (exact) mass is 308 g/mol. The van der Waals surface area contributed by atoms with Crippen molar-refractivity contribution in [2.24, 2.45) is 0 Å². The van der Waals surface area contributed by atoms with Crippen LogP contribution in [-0.2, 0) is 9.53 Å². The molecule has 1 aromatic rings. The van der Waals surface area contributed by atoms with E-state index in [1.54, 1.807) is 32.0 Å². The lowest BCUT2D eigenvalue weighted by Gasteiger charge is -2.15. The first-order valence-electron chi connectivity index (χ1n) is 6.80. The normalized spacial score (nSPS) is 11.5. The van der Waals surface area contributed by atoms with Crippen LogP contribution in [-0.4, -0.2) is 37.2 Å². The molecule has 1 aromatic carbocycles. The van der Waals surface area contributed by atoms with E-state index in [4.69, 9.17) is 4.74 Å². The number of benzene rings is 1. The van der Waals surface area contributed by atoms with Gasteiger partial charge in [0, 0.05) is 6.04 Å². The highest BCUT2D eigenvalue weighted by molar-refractivity contribution is 5.96. The minimum atomic E-state index is -0.897. The van der Waals surface area contributed by atoms with E-state index in [1.165, 1.54) is 20.1 Å². The van der Waals surface area contributed by atoms with Crippen LogP contribution >= 0.6 is 0 Å². The van der Waals surface area contributed by atoms with Crippen LogP contribution in [0.5, 0.6) is 5.75 Å². The molecule has 0 saturated heterocycles. The van der Waals surface area contributed by atoms with Crippen LogP contribution in [0.25, 0.3) is 0 Å². The van der Waals surface area contributed by atoms with E-state index in [9.17, 15) is 14.4 Å². The van der Waals surface area contributed by atoms with Crippen molar-refractivity contribution in [3.05, 3.63) is 29.8 Å². The van der Waals surface area contributed by atoms with E-state index in [0.29, 0.717) is 11.3 Å². The Labute approximate surface area is 129 Å². The Kier molecular flexibility index (Phi) is 6.37. The number of imide groups is 1. The molecule has 0 spiro atoms. The Bertz CT molecular complexity index is 557. The number of methoxy groups -OCH3 is 1. The standard InChI is InChI=1S/C15H20N2O5/c1-9(2)16-15(20)17-13(18)10(3)22-12-7-5-6-11(8-12)14(19)21-4/h5-10H,1-4H3,(H2,16,17,18,20)/t10-/m1/s1. The Morgan fingerprint density at radius 2 is 1.82 bits per heavy atom. The summed E-state index contributed by atoms with van der Waals surface area (Å²) >= 11 is 0. The van der Waals surface area contributed by atoms with Crippen LogP contribution in [0.15, 0.2) is 24.3 Å². The number of hydrogen-bond donors (Lipinski definition) is 2. The van der Waals surface area contributed by atoms with Gasteiger partial charge in [0.25, 0.3) is 5.91 Å². The fraction of sp³-hybridized carbons (Fsp3) is 0.400. The lowest BCUT2D eigenvalue weighted by atomic mass is 10.2. The Morgan fingerprint density at radius 3 is 2.41 bits per heavy atom. The average Bonchev–Trinajstić information content (AvgIpc) is 2.45. The van der Waals surface area contributed by atoms with Crippen LogP contribution in [0.1, 0.15) is 31.1 Å². The predicted octanol–water partition coefficient (Wildman–Crippen LogP) is 1.47. The summed E-state index contributed by atoms with van der Waals surface area (Å²) in [5.41, 5.74) is 0.310. The summed E-state index contributed by atoms with van der Waals surface area (Å²) in [7, 11) is 1.28. The highest BCUT2D eigenvalue weighted by Gasteiger charge is 2.18. The van der Waals surface area contributed by atoms with Gasteiger partial charge in [-0.15, -0.1) is 0 Å². The van der Waals surface area contributed by atoms with E-state index in [0.717, 1.165) is 0 Å². The van der Waals surface area contributed by atoms with Gasteiger partial charge in [-0.25, -0.2) is 9.59 Å². The zero-order valence-corrected chi connectivity index (χ0v) is 13.0. The first-order chi connectivity index (χ1) is 10.3. The van der Waals surface area contributed by atoms with E-state index >= 15 is 0 Å². The molecule has 2 N–H and O–H groups in total. The van der Waals surface area contributed by atoms with Crippen LogP contribution in [0.4, 0.5) is 4.79 Å². The summed E-state index contributed by atoms with van der Waals surface area (Å²) in [6.45, 7) is 5.06.